The number of likely N-dealkylation sites (N-methyl/N-ethyl adjacent to an activating group) is 1. The minimum absolute atomic E-state index is 0.00815. The predicted molar refractivity (Wildman–Crippen MR) is 146 cm³/mol. The Balaban J connectivity index is 1.36. The van der Waals surface area contributed by atoms with Gasteiger partial charge in [-0.15, -0.1) is 0 Å². The first-order valence-electron chi connectivity index (χ1n) is 13.1. The molecular weight excluding hydrogens is 480 g/mol. The van der Waals surface area contributed by atoms with Gasteiger partial charge in [-0.2, -0.15) is 0 Å². The number of carbonyl (C=O) groups excluding carboxylic acids is 2. The van der Waals surface area contributed by atoms with Crippen LogP contribution in [0.25, 0.3) is 11.1 Å². The van der Waals surface area contributed by atoms with Crippen molar-refractivity contribution in [3.05, 3.63) is 83.9 Å². The lowest BCUT2D eigenvalue weighted by atomic mass is 9.99. The number of benzene rings is 3. The quantitative estimate of drug-likeness (QED) is 0.350. The molecule has 0 radical (unpaired) electrons. The van der Waals surface area contributed by atoms with E-state index in [0.717, 1.165) is 30.8 Å². The molecule has 2 aliphatic rings. The van der Waals surface area contributed by atoms with Gasteiger partial charge < -0.3 is 19.4 Å². The van der Waals surface area contributed by atoms with Gasteiger partial charge in [0.05, 0.1) is 24.8 Å². The van der Waals surface area contributed by atoms with E-state index in [-0.39, 0.29) is 18.5 Å². The summed E-state index contributed by atoms with van der Waals surface area (Å²) in [4.78, 5) is 31.9. The van der Waals surface area contributed by atoms with Crippen LogP contribution >= 0.6 is 0 Å². The lowest BCUT2D eigenvalue weighted by Gasteiger charge is -2.36. The van der Waals surface area contributed by atoms with Gasteiger partial charge in [-0.25, -0.2) is 5.48 Å². The van der Waals surface area contributed by atoms with Gasteiger partial charge in [0, 0.05) is 19.2 Å². The van der Waals surface area contributed by atoms with E-state index >= 15 is 0 Å². The molecule has 3 aromatic carbocycles. The number of ether oxygens (including phenoxy) is 1. The molecule has 1 unspecified atom stereocenters. The largest absolute Gasteiger partial charge is 0.490 e. The summed E-state index contributed by atoms with van der Waals surface area (Å²) in [6, 6.07) is 23.7. The highest BCUT2D eigenvalue weighted by molar-refractivity contribution is 5.95. The molecule has 5 rings (SSSR count). The Hall–Kier alpha value is -3.88. The molecular formula is C30H34N4O4. The Bertz CT molecular complexity index is 1260. The maximum Gasteiger partial charge on any atom is 0.274 e. The third-order valence-electron chi connectivity index (χ3n) is 7.50. The van der Waals surface area contributed by atoms with Gasteiger partial charge in [0.25, 0.3) is 5.91 Å². The lowest BCUT2D eigenvalue weighted by Crippen LogP contribution is -2.45. The van der Waals surface area contributed by atoms with E-state index in [1.54, 1.807) is 23.7 Å². The van der Waals surface area contributed by atoms with Crippen molar-refractivity contribution < 1.29 is 19.5 Å². The summed E-state index contributed by atoms with van der Waals surface area (Å²) in [5.74, 6) is 0.00361. The summed E-state index contributed by atoms with van der Waals surface area (Å²) in [5.41, 5.74) is 6.06. The van der Waals surface area contributed by atoms with Gasteiger partial charge in [-0.3, -0.25) is 14.8 Å². The number of likely N-dealkylation sites (tertiary alicyclic amines) is 1. The number of hydroxylamine groups is 1. The normalized spacial score (nSPS) is 15.9. The Kier molecular flexibility index (Phi) is 7.91. The van der Waals surface area contributed by atoms with Crippen molar-refractivity contribution in [2.75, 3.05) is 51.3 Å². The van der Waals surface area contributed by atoms with Crippen LogP contribution in [0, 0.1) is 0 Å². The molecule has 2 N–H and O–H groups in total. The average Bonchev–Trinajstić information content (AvgIpc) is 3.49. The van der Waals surface area contributed by atoms with E-state index in [1.165, 1.54) is 18.4 Å². The van der Waals surface area contributed by atoms with Gasteiger partial charge in [0.1, 0.15) is 12.4 Å². The van der Waals surface area contributed by atoms with Crippen molar-refractivity contribution in [1.82, 2.24) is 15.3 Å². The fraction of sp³-hybridized carbons (Fsp3) is 0.333. The summed E-state index contributed by atoms with van der Waals surface area (Å²) < 4.78 is 5.75. The zero-order valence-corrected chi connectivity index (χ0v) is 21.7. The molecule has 2 amide bonds. The summed E-state index contributed by atoms with van der Waals surface area (Å²) in [6.07, 6.45) is 2.37. The van der Waals surface area contributed by atoms with E-state index in [0.29, 0.717) is 30.2 Å². The Labute approximate surface area is 223 Å². The second-order valence-electron chi connectivity index (χ2n) is 9.91. The van der Waals surface area contributed by atoms with Gasteiger partial charge in [-0.1, -0.05) is 54.6 Å². The van der Waals surface area contributed by atoms with Crippen molar-refractivity contribution in [2.24, 2.45) is 0 Å². The highest BCUT2D eigenvalue weighted by Gasteiger charge is 2.29. The zero-order valence-electron chi connectivity index (χ0n) is 21.7. The van der Waals surface area contributed by atoms with Gasteiger partial charge >= 0.3 is 0 Å². The first kappa shape index (κ1) is 25.8. The number of nitrogens with one attached hydrogen (secondary N) is 1. The number of nitrogens with zero attached hydrogens (tertiary/aromatic N) is 3. The number of rotatable bonds is 8. The second kappa shape index (κ2) is 11.7. The van der Waals surface area contributed by atoms with E-state index < -0.39 is 5.91 Å². The maximum absolute atomic E-state index is 13.7. The number of fused-ring (bicyclic) bond motifs is 1. The average molecular weight is 515 g/mol. The Morgan fingerprint density at radius 2 is 1.68 bits per heavy atom. The topological polar surface area (TPSA) is 85.3 Å². The number of carbonyl (C=O) groups is 2. The van der Waals surface area contributed by atoms with Crippen molar-refractivity contribution in [3.8, 4) is 16.9 Å². The first-order chi connectivity index (χ1) is 18.5. The van der Waals surface area contributed by atoms with Crippen LogP contribution in [-0.4, -0.2) is 73.2 Å². The fourth-order valence-corrected chi connectivity index (χ4v) is 5.28. The minimum atomic E-state index is -0.605. The number of hydrogen-bond acceptors (Lipinski definition) is 6. The monoisotopic (exact) mass is 514 g/mol. The van der Waals surface area contributed by atoms with E-state index in [2.05, 4.69) is 41.3 Å². The van der Waals surface area contributed by atoms with Crippen molar-refractivity contribution in [3.63, 3.8) is 0 Å². The highest BCUT2D eigenvalue weighted by Crippen LogP contribution is 2.33. The standard InChI is InChI=1S/C30H34N4O4/c1-32(29(35)21-34-17-18-38-28-14-13-25(19-26(28)34)30(36)31-37)27(20-33-15-5-6-16-33)24-11-9-23(10-12-24)22-7-3-2-4-8-22/h2-4,7-14,19,27,37H,5-6,15-18,20-21H2,1H3,(H,31,36). The maximum atomic E-state index is 13.7. The van der Waals surface area contributed by atoms with E-state index in [4.69, 9.17) is 9.94 Å². The van der Waals surface area contributed by atoms with Crippen LogP contribution < -0.4 is 15.1 Å². The molecule has 0 spiro atoms. The molecule has 1 fully saturated rings. The molecule has 1 saturated heterocycles. The summed E-state index contributed by atoms with van der Waals surface area (Å²) >= 11 is 0. The van der Waals surface area contributed by atoms with E-state index in [1.807, 2.05) is 35.0 Å². The van der Waals surface area contributed by atoms with Gasteiger partial charge in [0.15, 0.2) is 0 Å². The first-order valence-corrected chi connectivity index (χ1v) is 13.1. The van der Waals surface area contributed by atoms with Gasteiger partial charge in [0.2, 0.25) is 5.91 Å². The molecule has 8 heteroatoms. The summed E-state index contributed by atoms with van der Waals surface area (Å²) in [6.45, 7) is 4.02. The van der Waals surface area contributed by atoms with E-state index in [9.17, 15) is 9.59 Å². The van der Waals surface area contributed by atoms with Crippen LogP contribution in [0.1, 0.15) is 34.8 Å². The molecule has 1 atom stereocenters. The number of amides is 2. The minimum Gasteiger partial charge on any atom is -0.490 e. The number of anilines is 1. The zero-order chi connectivity index (χ0) is 26.5. The lowest BCUT2D eigenvalue weighted by molar-refractivity contribution is -0.131. The molecule has 8 nitrogen and oxygen atoms in total. The smallest absolute Gasteiger partial charge is 0.274 e. The number of hydrogen-bond donors (Lipinski definition) is 2. The Morgan fingerprint density at radius 3 is 2.39 bits per heavy atom. The molecule has 0 bridgehead atoms. The molecule has 198 valence electrons. The molecule has 0 aromatic heterocycles. The molecule has 3 aromatic rings. The van der Waals surface area contributed by atoms with Gasteiger partial charge in [-0.05, 0) is 60.8 Å². The van der Waals surface area contributed by atoms with Crippen LogP contribution in [0.5, 0.6) is 5.75 Å². The van der Waals surface area contributed by atoms with Crippen LogP contribution in [0.2, 0.25) is 0 Å². The third kappa shape index (κ3) is 5.66. The van der Waals surface area contributed by atoms with Crippen molar-refractivity contribution in [2.45, 2.75) is 18.9 Å². The Morgan fingerprint density at radius 1 is 0.974 bits per heavy atom. The molecule has 2 aliphatic heterocycles. The van der Waals surface area contributed by atoms with Crippen LogP contribution in [0.4, 0.5) is 5.69 Å². The van der Waals surface area contributed by atoms with Crippen LogP contribution in [0.3, 0.4) is 0 Å². The molecule has 0 saturated carbocycles. The highest BCUT2D eigenvalue weighted by atomic mass is 16.5. The molecule has 2 heterocycles. The molecule has 38 heavy (non-hydrogen) atoms. The molecule has 0 aliphatic carbocycles. The summed E-state index contributed by atoms with van der Waals surface area (Å²) in [7, 11) is 1.88. The predicted octanol–water partition coefficient (Wildman–Crippen LogP) is 3.97. The fourth-order valence-electron chi connectivity index (χ4n) is 5.28. The van der Waals surface area contributed by atoms with Crippen molar-refractivity contribution in [1.29, 1.82) is 0 Å². The van der Waals surface area contributed by atoms with Crippen molar-refractivity contribution >= 4 is 17.5 Å². The third-order valence-corrected chi connectivity index (χ3v) is 7.50. The summed E-state index contributed by atoms with van der Waals surface area (Å²) in [5, 5.41) is 9.04. The van der Waals surface area contributed by atoms with Crippen LogP contribution in [-0.2, 0) is 4.79 Å². The SMILES string of the molecule is CN(C(=O)CN1CCOc2ccc(C(=O)NO)cc21)C(CN1CCCC1)c1ccc(-c2ccccc2)cc1. The van der Waals surface area contributed by atoms with Crippen LogP contribution in [0.15, 0.2) is 72.8 Å². The second-order valence-corrected chi connectivity index (χ2v) is 9.91.